The number of unbranched alkanes of at least 4 members (excludes halogenated alkanes) is 1. The minimum absolute atomic E-state index is 0.641. The Balaban J connectivity index is 1.63. The van der Waals surface area contributed by atoms with Crippen molar-refractivity contribution in [3.8, 4) is 0 Å². The Morgan fingerprint density at radius 1 is 1.56 bits per heavy atom. The Kier molecular flexibility index (Phi) is 4.23. The van der Waals surface area contributed by atoms with Gasteiger partial charge in [-0.25, -0.2) is 4.98 Å². The number of aliphatic imine (C=N–C) groups is 1. The summed E-state index contributed by atoms with van der Waals surface area (Å²) in [4.78, 5) is 10.7. The lowest BCUT2D eigenvalue weighted by Gasteiger charge is -2.16. The number of rotatable bonds is 6. The average molecular weight is 249 g/mol. The fourth-order valence-corrected chi connectivity index (χ4v) is 1.99. The van der Waals surface area contributed by atoms with E-state index in [-0.39, 0.29) is 0 Å². The molecule has 1 aromatic heterocycles. The maximum Gasteiger partial charge on any atom is 0.191 e. The highest BCUT2D eigenvalue weighted by atomic mass is 15.3. The van der Waals surface area contributed by atoms with Crippen LogP contribution in [-0.4, -0.2) is 40.0 Å². The highest BCUT2D eigenvalue weighted by Crippen LogP contribution is 2.24. The number of aromatic nitrogens is 2. The van der Waals surface area contributed by atoms with E-state index < -0.39 is 0 Å². The zero-order chi connectivity index (χ0) is 13.0. The van der Waals surface area contributed by atoms with Crippen molar-refractivity contribution in [3.05, 3.63) is 18.2 Å². The molecule has 5 heteroatoms. The van der Waals surface area contributed by atoms with Crippen LogP contribution in [0.1, 0.15) is 31.5 Å². The predicted molar refractivity (Wildman–Crippen MR) is 73.5 cm³/mol. The van der Waals surface area contributed by atoms with Crippen molar-refractivity contribution >= 4 is 5.96 Å². The third kappa shape index (κ3) is 3.48. The summed E-state index contributed by atoms with van der Waals surface area (Å²) in [5.74, 6) is 1.77. The number of nitrogens with zero attached hydrogens (tertiary/aromatic N) is 4. The summed E-state index contributed by atoms with van der Waals surface area (Å²) in [7, 11) is 2.03. The third-order valence-corrected chi connectivity index (χ3v) is 3.46. The predicted octanol–water partition coefficient (Wildman–Crippen LogP) is 1.38. The van der Waals surface area contributed by atoms with Crippen LogP contribution >= 0.6 is 0 Å². The highest BCUT2D eigenvalue weighted by Gasteiger charge is 2.27. The Morgan fingerprint density at radius 3 is 2.94 bits per heavy atom. The van der Waals surface area contributed by atoms with Crippen LogP contribution < -0.4 is 5.73 Å². The summed E-state index contributed by atoms with van der Waals surface area (Å²) < 4.78 is 2.17. The number of imidazole rings is 1. The number of aryl methyl sites for hydroxylation is 2. The van der Waals surface area contributed by atoms with Gasteiger partial charge >= 0.3 is 0 Å². The molecule has 0 amide bonds. The molecule has 1 aliphatic carbocycles. The molecule has 0 saturated heterocycles. The van der Waals surface area contributed by atoms with E-state index in [9.17, 15) is 0 Å². The molecule has 1 aliphatic rings. The van der Waals surface area contributed by atoms with Crippen LogP contribution in [0.15, 0.2) is 17.4 Å². The minimum atomic E-state index is 0.641. The zero-order valence-electron chi connectivity index (χ0n) is 11.3. The fraction of sp³-hybridized carbons (Fsp3) is 0.692. The fourth-order valence-electron chi connectivity index (χ4n) is 1.99. The van der Waals surface area contributed by atoms with Crippen molar-refractivity contribution in [3.63, 3.8) is 0 Å². The van der Waals surface area contributed by atoms with Crippen molar-refractivity contribution < 1.29 is 0 Å². The van der Waals surface area contributed by atoms with E-state index in [0.717, 1.165) is 31.8 Å². The first kappa shape index (κ1) is 12.9. The molecule has 0 bridgehead atoms. The normalized spacial score (nSPS) is 16.0. The van der Waals surface area contributed by atoms with Crippen LogP contribution in [0.2, 0.25) is 0 Å². The van der Waals surface area contributed by atoms with Crippen LogP contribution in [0.25, 0.3) is 0 Å². The first-order chi connectivity index (χ1) is 8.68. The van der Waals surface area contributed by atoms with Crippen LogP contribution in [0.3, 0.4) is 0 Å². The molecular weight excluding hydrogens is 226 g/mol. The molecule has 1 heterocycles. The highest BCUT2D eigenvalue weighted by molar-refractivity contribution is 5.78. The van der Waals surface area contributed by atoms with Crippen LogP contribution in [0.4, 0.5) is 0 Å². The van der Waals surface area contributed by atoms with Crippen molar-refractivity contribution in [1.82, 2.24) is 14.5 Å². The van der Waals surface area contributed by atoms with E-state index in [0.29, 0.717) is 12.0 Å². The van der Waals surface area contributed by atoms with E-state index in [1.807, 2.05) is 26.4 Å². The lowest BCUT2D eigenvalue weighted by atomic mass is 10.3. The number of guanidine groups is 1. The first-order valence-electron chi connectivity index (χ1n) is 6.69. The molecule has 0 aromatic carbocycles. The van der Waals surface area contributed by atoms with E-state index in [1.54, 1.807) is 0 Å². The summed E-state index contributed by atoms with van der Waals surface area (Å²) >= 11 is 0. The summed E-state index contributed by atoms with van der Waals surface area (Å²) in [6, 6.07) is 0.641. The van der Waals surface area contributed by atoms with Gasteiger partial charge in [-0.15, -0.1) is 0 Å². The lowest BCUT2D eigenvalue weighted by molar-refractivity contribution is 0.486. The van der Waals surface area contributed by atoms with Gasteiger partial charge in [-0.3, -0.25) is 4.99 Å². The van der Waals surface area contributed by atoms with Crippen molar-refractivity contribution in [2.75, 3.05) is 13.6 Å². The second kappa shape index (κ2) is 5.89. The quantitative estimate of drug-likeness (QED) is 0.471. The molecule has 18 heavy (non-hydrogen) atoms. The Hall–Kier alpha value is -1.52. The molecule has 100 valence electrons. The average Bonchev–Trinajstić information content (AvgIpc) is 3.13. The molecule has 5 nitrogen and oxygen atoms in total. The second-order valence-electron chi connectivity index (χ2n) is 4.96. The molecule has 1 fully saturated rings. The summed E-state index contributed by atoms with van der Waals surface area (Å²) in [5.41, 5.74) is 5.92. The van der Waals surface area contributed by atoms with E-state index in [4.69, 9.17) is 5.73 Å². The van der Waals surface area contributed by atoms with Gasteiger partial charge in [0.1, 0.15) is 5.82 Å². The zero-order valence-corrected chi connectivity index (χ0v) is 11.3. The van der Waals surface area contributed by atoms with Crippen LogP contribution in [0.5, 0.6) is 0 Å². The smallest absolute Gasteiger partial charge is 0.191 e. The second-order valence-corrected chi connectivity index (χ2v) is 4.96. The monoisotopic (exact) mass is 249 g/mol. The van der Waals surface area contributed by atoms with E-state index >= 15 is 0 Å². The molecule has 0 aliphatic heterocycles. The van der Waals surface area contributed by atoms with Gasteiger partial charge in [0, 0.05) is 38.6 Å². The summed E-state index contributed by atoms with van der Waals surface area (Å²) in [5, 5.41) is 0. The lowest BCUT2D eigenvalue weighted by Crippen LogP contribution is -2.35. The Labute approximate surface area is 109 Å². The van der Waals surface area contributed by atoms with E-state index in [2.05, 4.69) is 19.4 Å². The summed E-state index contributed by atoms with van der Waals surface area (Å²) in [6.45, 7) is 3.86. The molecular formula is C13H23N5. The molecule has 0 atom stereocenters. The molecule has 0 unspecified atom stereocenters. The van der Waals surface area contributed by atoms with Crippen molar-refractivity contribution in [1.29, 1.82) is 0 Å². The van der Waals surface area contributed by atoms with Crippen molar-refractivity contribution in [2.45, 2.75) is 45.2 Å². The Bertz CT molecular complexity index is 405. The molecule has 1 saturated carbocycles. The molecule has 1 aromatic rings. The maximum absolute atomic E-state index is 5.92. The Morgan fingerprint density at radius 2 is 2.33 bits per heavy atom. The van der Waals surface area contributed by atoms with Gasteiger partial charge < -0.3 is 15.2 Å². The minimum Gasteiger partial charge on any atom is -0.370 e. The van der Waals surface area contributed by atoms with Gasteiger partial charge in [-0.2, -0.15) is 0 Å². The van der Waals surface area contributed by atoms with Crippen LogP contribution in [0, 0.1) is 6.92 Å². The number of nitrogens with two attached hydrogens (primary N) is 1. The molecule has 2 rings (SSSR count). The standard InChI is InChI=1S/C13H23N5/c1-11-15-8-10-18(11)9-4-3-7-16-13(14)17(2)12-5-6-12/h8,10,12H,3-7,9H2,1-2H3,(H2,14,16). The molecule has 0 radical (unpaired) electrons. The van der Waals surface area contributed by atoms with Gasteiger partial charge in [0.15, 0.2) is 5.96 Å². The maximum atomic E-state index is 5.92. The van der Waals surface area contributed by atoms with E-state index in [1.165, 1.54) is 12.8 Å². The van der Waals surface area contributed by atoms with Gasteiger partial charge in [-0.05, 0) is 32.6 Å². The SMILES string of the molecule is Cc1nccn1CCCCN=C(N)N(C)C1CC1. The van der Waals surface area contributed by atoms with Gasteiger partial charge in [0.25, 0.3) is 0 Å². The topological polar surface area (TPSA) is 59.4 Å². The number of hydrogen-bond donors (Lipinski definition) is 1. The molecule has 2 N–H and O–H groups in total. The van der Waals surface area contributed by atoms with Crippen LogP contribution in [-0.2, 0) is 6.54 Å². The first-order valence-corrected chi connectivity index (χ1v) is 6.69. The van der Waals surface area contributed by atoms with Gasteiger partial charge in [-0.1, -0.05) is 0 Å². The van der Waals surface area contributed by atoms with Gasteiger partial charge in [0.05, 0.1) is 0 Å². The van der Waals surface area contributed by atoms with Crippen molar-refractivity contribution in [2.24, 2.45) is 10.7 Å². The largest absolute Gasteiger partial charge is 0.370 e. The number of hydrogen-bond acceptors (Lipinski definition) is 2. The molecule has 0 spiro atoms. The summed E-state index contributed by atoms with van der Waals surface area (Å²) in [6.07, 6.45) is 8.56. The van der Waals surface area contributed by atoms with Gasteiger partial charge in [0.2, 0.25) is 0 Å². The third-order valence-electron chi connectivity index (χ3n) is 3.46.